The van der Waals surface area contributed by atoms with E-state index in [1.54, 1.807) is 0 Å². The normalized spacial score (nSPS) is 16.2. The van der Waals surface area contributed by atoms with E-state index >= 15 is 0 Å². The fraction of sp³-hybridized carbons (Fsp3) is 0.333. The molecule has 0 N–H and O–H groups in total. The molecule has 0 saturated carbocycles. The molecule has 0 radical (unpaired) electrons. The molecule has 2 nitrogen and oxygen atoms in total. The van der Waals surface area contributed by atoms with Gasteiger partial charge in [0.2, 0.25) is 0 Å². The zero-order valence-corrected chi connectivity index (χ0v) is 12.0. The molecule has 1 aliphatic rings. The van der Waals surface area contributed by atoms with Gasteiger partial charge in [0.25, 0.3) is 0 Å². The van der Waals surface area contributed by atoms with Crippen LogP contribution in [0, 0.1) is 6.92 Å². The summed E-state index contributed by atoms with van der Waals surface area (Å²) in [7, 11) is 0. The lowest BCUT2D eigenvalue weighted by Gasteiger charge is -2.26. The lowest BCUT2D eigenvalue weighted by atomic mass is 10.0. The van der Waals surface area contributed by atoms with Gasteiger partial charge in [-0.05, 0) is 23.6 Å². The first-order valence-electron chi connectivity index (χ1n) is 7.27. The molecule has 20 heavy (non-hydrogen) atoms. The van der Waals surface area contributed by atoms with Crippen LogP contribution in [0.3, 0.4) is 0 Å². The maximum absolute atomic E-state index is 5.38. The van der Waals surface area contributed by atoms with Crippen LogP contribution in [0.25, 0.3) is 11.1 Å². The van der Waals surface area contributed by atoms with Crippen molar-refractivity contribution in [2.24, 2.45) is 0 Å². The molecule has 2 heteroatoms. The largest absolute Gasteiger partial charge is 0.379 e. The molecule has 0 spiro atoms. The van der Waals surface area contributed by atoms with Crippen molar-refractivity contribution in [3.63, 3.8) is 0 Å². The van der Waals surface area contributed by atoms with Gasteiger partial charge in [0, 0.05) is 19.6 Å². The third-order valence-corrected chi connectivity index (χ3v) is 3.85. The molecule has 0 aromatic heterocycles. The van der Waals surface area contributed by atoms with Gasteiger partial charge in [0.05, 0.1) is 13.2 Å². The topological polar surface area (TPSA) is 12.5 Å². The first kappa shape index (κ1) is 13.3. The molecule has 3 rings (SSSR count). The number of benzene rings is 2. The van der Waals surface area contributed by atoms with Gasteiger partial charge in [0.15, 0.2) is 0 Å². The minimum atomic E-state index is 0.863. The number of morpholine rings is 1. The van der Waals surface area contributed by atoms with E-state index in [4.69, 9.17) is 4.74 Å². The Morgan fingerprint density at radius 3 is 2.00 bits per heavy atom. The maximum atomic E-state index is 5.38. The molecule has 1 fully saturated rings. The Bertz CT molecular complexity index is 539. The molecule has 0 atom stereocenters. The van der Waals surface area contributed by atoms with Gasteiger partial charge in [0.1, 0.15) is 0 Å². The summed E-state index contributed by atoms with van der Waals surface area (Å²) in [6.07, 6.45) is 0. The van der Waals surface area contributed by atoms with E-state index in [0.29, 0.717) is 0 Å². The van der Waals surface area contributed by atoms with Gasteiger partial charge in [-0.2, -0.15) is 0 Å². The van der Waals surface area contributed by atoms with Crippen LogP contribution in [-0.4, -0.2) is 31.2 Å². The van der Waals surface area contributed by atoms with E-state index in [1.165, 1.54) is 22.3 Å². The van der Waals surface area contributed by atoms with E-state index in [9.17, 15) is 0 Å². The molecule has 0 aliphatic carbocycles. The zero-order valence-electron chi connectivity index (χ0n) is 12.0. The Balaban J connectivity index is 1.69. The Morgan fingerprint density at radius 2 is 1.40 bits per heavy atom. The van der Waals surface area contributed by atoms with Crippen LogP contribution in [0.5, 0.6) is 0 Å². The van der Waals surface area contributed by atoms with E-state index < -0.39 is 0 Å². The Hall–Kier alpha value is -1.64. The lowest BCUT2D eigenvalue weighted by Crippen LogP contribution is -2.35. The highest BCUT2D eigenvalue weighted by molar-refractivity contribution is 5.63. The van der Waals surface area contributed by atoms with Crippen LogP contribution in [0.15, 0.2) is 48.5 Å². The number of hydrogen-bond donors (Lipinski definition) is 0. The van der Waals surface area contributed by atoms with Crippen LogP contribution in [0.1, 0.15) is 11.1 Å². The van der Waals surface area contributed by atoms with Crippen LogP contribution in [0.4, 0.5) is 0 Å². The lowest BCUT2D eigenvalue weighted by molar-refractivity contribution is 0.0342. The summed E-state index contributed by atoms with van der Waals surface area (Å²) < 4.78 is 5.38. The Morgan fingerprint density at radius 1 is 0.850 bits per heavy atom. The van der Waals surface area contributed by atoms with Gasteiger partial charge in [-0.25, -0.2) is 0 Å². The van der Waals surface area contributed by atoms with Crippen LogP contribution in [-0.2, 0) is 11.3 Å². The third kappa shape index (κ3) is 3.27. The fourth-order valence-electron chi connectivity index (χ4n) is 2.57. The van der Waals surface area contributed by atoms with E-state index in [1.807, 2.05) is 0 Å². The monoisotopic (exact) mass is 267 g/mol. The number of ether oxygens (including phenoxy) is 1. The van der Waals surface area contributed by atoms with Gasteiger partial charge in [-0.15, -0.1) is 0 Å². The first-order chi connectivity index (χ1) is 9.81. The van der Waals surface area contributed by atoms with E-state index in [2.05, 4.69) is 60.4 Å². The zero-order chi connectivity index (χ0) is 13.8. The number of aryl methyl sites for hydroxylation is 1. The number of nitrogens with zero attached hydrogens (tertiary/aromatic N) is 1. The van der Waals surface area contributed by atoms with E-state index in [0.717, 1.165) is 32.8 Å². The summed E-state index contributed by atoms with van der Waals surface area (Å²) in [6.45, 7) is 6.95. The van der Waals surface area contributed by atoms with Gasteiger partial charge in [-0.1, -0.05) is 54.1 Å². The highest BCUT2D eigenvalue weighted by Crippen LogP contribution is 2.20. The van der Waals surface area contributed by atoms with Crippen LogP contribution < -0.4 is 0 Å². The van der Waals surface area contributed by atoms with Gasteiger partial charge in [-0.3, -0.25) is 4.90 Å². The smallest absolute Gasteiger partial charge is 0.0594 e. The van der Waals surface area contributed by atoms with Crippen molar-refractivity contribution >= 4 is 0 Å². The van der Waals surface area contributed by atoms with Gasteiger partial charge >= 0.3 is 0 Å². The molecular weight excluding hydrogens is 246 g/mol. The van der Waals surface area contributed by atoms with Crippen molar-refractivity contribution in [3.8, 4) is 11.1 Å². The van der Waals surface area contributed by atoms with Crippen molar-refractivity contribution in [1.82, 2.24) is 4.90 Å². The second-order valence-corrected chi connectivity index (χ2v) is 5.45. The molecule has 2 aromatic rings. The average molecular weight is 267 g/mol. The summed E-state index contributed by atoms with van der Waals surface area (Å²) in [6, 6.07) is 17.6. The average Bonchev–Trinajstić information content (AvgIpc) is 2.50. The molecule has 1 heterocycles. The first-order valence-corrected chi connectivity index (χ1v) is 7.27. The quantitative estimate of drug-likeness (QED) is 0.844. The summed E-state index contributed by atoms with van der Waals surface area (Å²) in [5.74, 6) is 0. The second kappa shape index (κ2) is 6.21. The minimum absolute atomic E-state index is 0.863. The van der Waals surface area contributed by atoms with Crippen molar-refractivity contribution < 1.29 is 4.74 Å². The SMILES string of the molecule is Cc1ccc(-c2ccc(CN3CCOCC3)cc2)cc1. The van der Waals surface area contributed by atoms with Crippen molar-refractivity contribution in [3.05, 3.63) is 59.7 Å². The molecule has 0 unspecified atom stereocenters. The fourth-order valence-corrected chi connectivity index (χ4v) is 2.57. The summed E-state index contributed by atoms with van der Waals surface area (Å²) in [5.41, 5.74) is 5.25. The molecule has 1 aliphatic heterocycles. The predicted octanol–water partition coefficient (Wildman–Crippen LogP) is 3.49. The molecule has 0 bridgehead atoms. The van der Waals surface area contributed by atoms with Crippen molar-refractivity contribution in [2.75, 3.05) is 26.3 Å². The summed E-state index contributed by atoms with van der Waals surface area (Å²) in [4.78, 5) is 2.45. The molecule has 1 saturated heterocycles. The van der Waals surface area contributed by atoms with Crippen LogP contribution in [0.2, 0.25) is 0 Å². The predicted molar refractivity (Wildman–Crippen MR) is 82.7 cm³/mol. The van der Waals surface area contributed by atoms with Crippen molar-refractivity contribution in [2.45, 2.75) is 13.5 Å². The van der Waals surface area contributed by atoms with Crippen molar-refractivity contribution in [1.29, 1.82) is 0 Å². The summed E-state index contributed by atoms with van der Waals surface area (Å²) in [5, 5.41) is 0. The van der Waals surface area contributed by atoms with Crippen LogP contribution >= 0.6 is 0 Å². The number of rotatable bonds is 3. The van der Waals surface area contributed by atoms with E-state index in [-0.39, 0.29) is 0 Å². The molecule has 104 valence electrons. The van der Waals surface area contributed by atoms with Gasteiger partial charge < -0.3 is 4.74 Å². The maximum Gasteiger partial charge on any atom is 0.0594 e. The summed E-state index contributed by atoms with van der Waals surface area (Å²) >= 11 is 0. The third-order valence-electron chi connectivity index (χ3n) is 3.85. The number of hydrogen-bond acceptors (Lipinski definition) is 2. The molecular formula is C18H21NO. The highest BCUT2D eigenvalue weighted by Gasteiger charge is 2.10. The molecule has 0 amide bonds. The second-order valence-electron chi connectivity index (χ2n) is 5.45. The molecule has 2 aromatic carbocycles. The minimum Gasteiger partial charge on any atom is -0.379 e. The Labute approximate surface area is 121 Å². The Kier molecular flexibility index (Phi) is 4.14. The highest BCUT2D eigenvalue weighted by atomic mass is 16.5. The standard InChI is InChI=1S/C18H21NO/c1-15-2-6-17(7-3-15)18-8-4-16(5-9-18)14-19-10-12-20-13-11-19/h2-9H,10-14H2,1H3.